The molecule has 0 fully saturated rings. The third-order valence-corrected chi connectivity index (χ3v) is 4.01. The number of nitrogens with one attached hydrogen (secondary N) is 1. The number of aromatic nitrogens is 4. The number of nitrogens with zero attached hydrogens (tertiary/aromatic N) is 4. The van der Waals surface area contributed by atoms with E-state index in [2.05, 4.69) is 25.5 Å². The van der Waals surface area contributed by atoms with Crippen LogP contribution in [0.1, 0.15) is 66.3 Å². The Hall–Kier alpha value is -2.83. The lowest BCUT2D eigenvalue weighted by atomic mass is 10.1. The van der Waals surface area contributed by atoms with Crippen molar-refractivity contribution in [2.75, 3.05) is 0 Å². The third kappa shape index (κ3) is 3.50. The molecule has 0 saturated heterocycles. The molecule has 7 nitrogen and oxygen atoms in total. The maximum atomic E-state index is 12.5. The summed E-state index contributed by atoms with van der Waals surface area (Å²) in [5, 5.41) is 10.9. The second-order valence-corrected chi connectivity index (χ2v) is 6.43. The maximum absolute atomic E-state index is 12.5. The van der Waals surface area contributed by atoms with Crippen molar-refractivity contribution in [3.63, 3.8) is 0 Å². The second kappa shape index (κ2) is 6.58. The van der Waals surface area contributed by atoms with Crippen molar-refractivity contribution in [2.45, 2.75) is 46.6 Å². The van der Waals surface area contributed by atoms with Gasteiger partial charge in [0.05, 0.1) is 22.4 Å². The number of benzene rings is 1. The fraction of sp³-hybridized carbons (Fsp3) is 0.389. The maximum Gasteiger partial charge on any atom is 0.251 e. The van der Waals surface area contributed by atoms with Gasteiger partial charge in [0.15, 0.2) is 0 Å². The molecule has 0 aliphatic rings. The Morgan fingerprint density at radius 2 is 1.64 bits per heavy atom. The Morgan fingerprint density at radius 1 is 1.00 bits per heavy atom. The summed E-state index contributed by atoms with van der Waals surface area (Å²) in [7, 11) is 0. The largest absolute Gasteiger partial charge is 0.423 e. The van der Waals surface area contributed by atoms with Crippen LogP contribution in [0.15, 0.2) is 22.6 Å². The molecular formula is C18H21N5O2. The van der Waals surface area contributed by atoms with Crippen molar-refractivity contribution in [3.8, 4) is 0 Å². The van der Waals surface area contributed by atoms with Gasteiger partial charge in [-0.2, -0.15) is 0 Å². The lowest BCUT2D eigenvalue weighted by Crippen LogP contribution is -2.26. The predicted molar refractivity (Wildman–Crippen MR) is 93.3 cm³/mol. The SMILES string of the molecule is Cc1nc2ccc(C(=O)N[C@@H](C)c3nnc(C(C)C)o3)cc2nc1C. The smallest absolute Gasteiger partial charge is 0.251 e. The zero-order valence-corrected chi connectivity index (χ0v) is 15.0. The first-order valence-electron chi connectivity index (χ1n) is 8.24. The fourth-order valence-electron chi connectivity index (χ4n) is 2.37. The van der Waals surface area contributed by atoms with Crippen LogP contribution in [0.25, 0.3) is 11.0 Å². The molecule has 3 rings (SSSR count). The summed E-state index contributed by atoms with van der Waals surface area (Å²) in [6.07, 6.45) is 0. The van der Waals surface area contributed by atoms with Gasteiger partial charge in [0, 0.05) is 11.5 Å². The van der Waals surface area contributed by atoms with Gasteiger partial charge >= 0.3 is 0 Å². The highest BCUT2D eigenvalue weighted by Gasteiger charge is 2.18. The van der Waals surface area contributed by atoms with Gasteiger partial charge in [-0.15, -0.1) is 10.2 Å². The first-order valence-corrected chi connectivity index (χ1v) is 8.24. The lowest BCUT2D eigenvalue weighted by molar-refractivity contribution is 0.0934. The van der Waals surface area contributed by atoms with Crippen molar-refractivity contribution >= 4 is 16.9 Å². The molecule has 0 spiro atoms. The highest BCUT2D eigenvalue weighted by Crippen LogP contribution is 2.18. The van der Waals surface area contributed by atoms with E-state index >= 15 is 0 Å². The zero-order valence-electron chi connectivity index (χ0n) is 15.0. The number of carbonyl (C=O) groups excluding carboxylic acids is 1. The number of rotatable bonds is 4. The zero-order chi connectivity index (χ0) is 18.1. The van der Waals surface area contributed by atoms with E-state index in [1.807, 2.05) is 34.6 Å². The van der Waals surface area contributed by atoms with Gasteiger partial charge in [0.25, 0.3) is 5.91 Å². The molecule has 0 aliphatic carbocycles. The molecule has 2 heterocycles. The molecule has 2 aromatic heterocycles. The number of carbonyl (C=O) groups is 1. The third-order valence-electron chi connectivity index (χ3n) is 4.01. The van der Waals surface area contributed by atoms with E-state index in [9.17, 15) is 4.79 Å². The van der Waals surface area contributed by atoms with Crippen molar-refractivity contribution in [3.05, 3.63) is 46.9 Å². The van der Waals surface area contributed by atoms with Gasteiger partial charge in [0.2, 0.25) is 11.8 Å². The molecule has 0 aliphatic heterocycles. The molecule has 1 amide bonds. The molecule has 1 aromatic carbocycles. The molecule has 0 unspecified atom stereocenters. The van der Waals surface area contributed by atoms with Crippen LogP contribution in [0.3, 0.4) is 0 Å². The topological polar surface area (TPSA) is 93.8 Å². The molecule has 0 radical (unpaired) electrons. The number of hydrogen-bond donors (Lipinski definition) is 1. The summed E-state index contributed by atoms with van der Waals surface area (Å²) in [5.74, 6) is 0.876. The molecule has 7 heteroatoms. The van der Waals surface area contributed by atoms with E-state index in [-0.39, 0.29) is 17.9 Å². The highest BCUT2D eigenvalue weighted by atomic mass is 16.4. The summed E-state index contributed by atoms with van der Waals surface area (Å²) in [5.41, 5.74) is 3.72. The first-order chi connectivity index (χ1) is 11.8. The van der Waals surface area contributed by atoms with E-state index in [1.54, 1.807) is 18.2 Å². The minimum absolute atomic E-state index is 0.148. The first kappa shape index (κ1) is 17.0. The Balaban J connectivity index is 1.80. The standard InChI is InChI=1S/C18H21N5O2/c1-9(2)17-22-23-18(25-17)12(5)21-16(24)13-6-7-14-15(8-13)20-11(4)10(3)19-14/h6-9,12H,1-5H3,(H,21,24)/t12-/m0/s1. The fourth-order valence-corrected chi connectivity index (χ4v) is 2.37. The minimum atomic E-state index is -0.381. The van der Waals surface area contributed by atoms with Gasteiger partial charge in [0.1, 0.15) is 6.04 Å². The van der Waals surface area contributed by atoms with Crippen LogP contribution in [0.2, 0.25) is 0 Å². The summed E-state index contributed by atoms with van der Waals surface area (Å²) >= 11 is 0. The van der Waals surface area contributed by atoms with E-state index < -0.39 is 0 Å². The molecule has 3 aromatic rings. The predicted octanol–water partition coefficient (Wildman–Crippen LogP) is 3.24. The number of aryl methyl sites for hydroxylation is 2. The van der Waals surface area contributed by atoms with Gasteiger partial charge in [-0.1, -0.05) is 13.8 Å². The Kier molecular flexibility index (Phi) is 4.48. The lowest BCUT2D eigenvalue weighted by Gasteiger charge is -2.11. The van der Waals surface area contributed by atoms with E-state index in [4.69, 9.17) is 4.42 Å². The monoisotopic (exact) mass is 339 g/mol. The molecule has 25 heavy (non-hydrogen) atoms. The second-order valence-electron chi connectivity index (χ2n) is 6.43. The summed E-state index contributed by atoms with van der Waals surface area (Å²) in [6.45, 7) is 9.57. The van der Waals surface area contributed by atoms with Crippen LogP contribution in [0, 0.1) is 13.8 Å². The Bertz CT molecular complexity index is 932. The normalized spacial score (nSPS) is 12.6. The molecule has 130 valence electrons. The van der Waals surface area contributed by atoms with Crippen LogP contribution < -0.4 is 5.32 Å². The van der Waals surface area contributed by atoms with E-state index in [1.165, 1.54) is 0 Å². The highest BCUT2D eigenvalue weighted by molar-refractivity contribution is 5.97. The average Bonchev–Trinajstić information content (AvgIpc) is 3.06. The number of hydrogen-bond acceptors (Lipinski definition) is 6. The van der Waals surface area contributed by atoms with Gasteiger partial charge in [-0.3, -0.25) is 4.79 Å². The Labute approximate surface area is 145 Å². The average molecular weight is 339 g/mol. The van der Waals surface area contributed by atoms with Crippen molar-refractivity contribution < 1.29 is 9.21 Å². The molecule has 0 bridgehead atoms. The van der Waals surface area contributed by atoms with Crippen LogP contribution in [0.5, 0.6) is 0 Å². The minimum Gasteiger partial charge on any atom is -0.423 e. The molecule has 1 N–H and O–H groups in total. The van der Waals surface area contributed by atoms with Gasteiger partial charge < -0.3 is 9.73 Å². The van der Waals surface area contributed by atoms with Crippen molar-refractivity contribution in [1.29, 1.82) is 0 Å². The van der Waals surface area contributed by atoms with Crippen LogP contribution in [0.4, 0.5) is 0 Å². The Morgan fingerprint density at radius 3 is 2.28 bits per heavy atom. The quantitative estimate of drug-likeness (QED) is 0.784. The van der Waals surface area contributed by atoms with E-state index in [0.717, 1.165) is 16.9 Å². The van der Waals surface area contributed by atoms with Gasteiger partial charge in [-0.25, -0.2) is 9.97 Å². The van der Waals surface area contributed by atoms with Crippen molar-refractivity contribution in [2.24, 2.45) is 0 Å². The van der Waals surface area contributed by atoms with Crippen LogP contribution in [-0.4, -0.2) is 26.1 Å². The van der Waals surface area contributed by atoms with Crippen LogP contribution in [-0.2, 0) is 0 Å². The summed E-state index contributed by atoms with van der Waals surface area (Å²) in [6, 6.07) is 4.90. The number of fused-ring (bicyclic) bond motifs is 1. The van der Waals surface area contributed by atoms with Gasteiger partial charge in [-0.05, 0) is 39.0 Å². The summed E-state index contributed by atoms with van der Waals surface area (Å²) < 4.78 is 5.58. The number of amides is 1. The molecular weight excluding hydrogens is 318 g/mol. The van der Waals surface area contributed by atoms with Crippen LogP contribution >= 0.6 is 0 Å². The summed E-state index contributed by atoms with van der Waals surface area (Å²) in [4.78, 5) is 21.5. The molecule has 0 saturated carbocycles. The van der Waals surface area contributed by atoms with E-state index in [0.29, 0.717) is 22.9 Å². The molecule has 1 atom stereocenters. The van der Waals surface area contributed by atoms with Crippen molar-refractivity contribution in [1.82, 2.24) is 25.5 Å².